The summed E-state index contributed by atoms with van der Waals surface area (Å²) in [6.07, 6.45) is 5.00. The zero-order chi connectivity index (χ0) is 10.4. The van der Waals surface area contributed by atoms with E-state index >= 15 is 0 Å². The smallest absolute Gasteiger partial charge is 0.218 e. The van der Waals surface area contributed by atoms with E-state index in [1.807, 2.05) is 0 Å². The van der Waals surface area contributed by atoms with Gasteiger partial charge in [0.05, 0.1) is 6.61 Å². The Kier molecular flexibility index (Phi) is 4.90. The van der Waals surface area contributed by atoms with Crippen molar-refractivity contribution in [1.29, 1.82) is 0 Å². The quantitative estimate of drug-likeness (QED) is 0.676. The molecule has 1 saturated heterocycles. The first kappa shape index (κ1) is 11.5. The Labute approximate surface area is 85.1 Å². The SMILES string of the molecule is NC(=O)CCN1CCCCCC1CO. The summed E-state index contributed by atoms with van der Waals surface area (Å²) >= 11 is 0. The van der Waals surface area contributed by atoms with E-state index < -0.39 is 0 Å². The lowest BCUT2D eigenvalue weighted by atomic mass is 10.1. The van der Waals surface area contributed by atoms with Gasteiger partial charge in [-0.3, -0.25) is 9.69 Å². The van der Waals surface area contributed by atoms with Crippen LogP contribution in [0.1, 0.15) is 32.1 Å². The molecule has 1 rings (SSSR count). The molecule has 4 nitrogen and oxygen atoms in total. The minimum atomic E-state index is -0.258. The number of primary amides is 1. The number of aliphatic hydroxyl groups is 1. The van der Waals surface area contributed by atoms with Gasteiger partial charge in [0.2, 0.25) is 5.91 Å². The third kappa shape index (κ3) is 3.64. The van der Waals surface area contributed by atoms with Crippen LogP contribution in [0.4, 0.5) is 0 Å². The summed E-state index contributed by atoms with van der Waals surface area (Å²) in [5.41, 5.74) is 5.11. The molecule has 0 spiro atoms. The third-order valence-electron chi connectivity index (χ3n) is 2.86. The molecule has 0 aromatic rings. The van der Waals surface area contributed by atoms with Gasteiger partial charge in [0.15, 0.2) is 0 Å². The van der Waals surface area contributed by atoms with E-state index in [9.17, 15) is 9.90 Å². The third-order valence-corrected chi connectivity index (χ3v) is 2.86. The molecule has 1 heterocycles. The number of aliphatic hydroxyl groups excluding tert-OH is 1. The van der Waals surface area contributed by atoms with Crippen LogP contribution in [0, 0.1) is 0 Å². The Morgan fingerprint density at radius 1 is 1.43 bits per heavy atom. The van der Waals surface area contributed by atoms with Crippen molar-refractivity contribution >= 4 is 5.91 Å². The fourth-order valence-corrected chi connectivity index (χ4v) is 1.99. The molecule has 3 N–H and O–H groups in total. The molecule has 1 aliphatic rings. The van der Waals surface area contributed by atoms with Crippen molar-refractivity contribution in [2.45, 2.75) is 38.1 Å². The van der Waals surface area contributed by atoms with Crippen LogP contribution in [0.15, 0.2) is 0 Å². The van der Waals surface area contributed by atoms with Crippen molar-refractivity contribution in [3.8, 4) is 0 Å². The first-order valence-corrected chi connectivity index (χ1v) is 5.37. The molecular weight excluding hydrogens is 180 g/mol. The predicted octanol–water partition coefficient (Wildman–Crippen LogP) is 0.0987. The van der Waals surface area contributed by atoms with Crippen LogP contribution < -0.4 is 5.73 Å². The number of carbonyl (C=O) groups is 1. The Hall–Kier alpha value is -0.610. The highest BCUT2D eigenvalue weighted by molar-refractivity contribution is 5.73. The van der Waals surface area contributed by atoms with Crippen LogP contribution >= 0.6 is 0 Å². The Morgan fingerprint density at radius 3 is 2.86 bits per heavy atom. The first-order valence-electron chi connectivity index (χ1n) is 5.37. The average molecular weight is 200 g/mol. The number of rotatable bonds is 4. The molecule has 0 aromatic heterocycles. The lowest BCUT2D eigenvalue weighted by molar-refractivity contribution is -0.118. The van der Waals surface area contributed by atoms with Crippen LogP contribution in [0.3, 0.4) is 0 Å². The summed E-state index contributed by atoms with van der Waals surface area (Å²) in [6, 6.07) is 0.233. The monoisotopic (exact) mass is 200 g/mol. The van der Waals surface area contributed by atoms with Gasteiger partial charge in [0.1, 0.15) is 0 Å². The predicted molar refractivity (Wildman–Crippen MR) is 54.7 cm³/mol. The van der Waals surface area contributed by atoms with Crippen LogP contribution in [0.5, 0.6) is 0 Å². The molecule has 0 aromatic carbocycles. The summed E-state index contributed by atoms with van der Waals surface area (Å²) in [7, 11) is 0. The minimum Gasteiger partial charge on any atom is -0.395 e. The minimum absolute atomic E-state index is 0.193. The van der Waals surface area contributed by atoms with Gasteiger partial charge in [0, 0.05) is 19.0 Å². The number of hydrogen-bond donors (Lipinski definition) is 2. The molecule has 1 amide bonds. The number of nitrogens with two attached hydrogens (primary N) is 1. The summed E-state index contributed by atoms with van der Waals surface area (Å²) in [6.45, 7) is 1.87. The van der Waals surface area contributed by atoms with Crippen LogP contribution in [0.2, 0.25) is 0 Å². The van der Waals surface area contributed by atoms with Crippen molar-refractivity contribution in [3.63, 3.8) is 0 Å². The average Bonchev–Trinajstić information content (AvgIpc) is 2.38. The molecule has 0 saturated carbocycles. The number of nitrogens with zero attached hydrogens (tertiary/aromatic N) is 1. The molecular formula is C10H20N2O2. The molecule has 1 atom stereocenters. The van der Waals surface area contributed by atoms with Crippen molar-refractivity contribution in [1.82, 2.24) is 4.90 Å². The van der Waals surface area contributed by atoms with Crippen LogP contribution in [-0.2, 0) is 4.79 Å². The number of hydrogen-bond acceptors (Lipinski definition) is 3. The molecule has 0 radical (unpaired) electrons. The Balaban J connectivity index is 2.39. The molecule has 1 aliphatic heterocycles. The number of likely N-dealkylation sites (tertiary alicyclic amines) is 1. The maximum absolute atomic E-state index is 10.7. The van der Waals surface area contributed by atoms with Gasteiger partial charge in [0.25, 0.3) is 0 Å². The fraction of sp³-hybridized carbons (Fsp3) is 0.900. The van der Waals surface area contributed by atoms with Gasteiger partial charge < -0.3 is 10.8 Å². The van der Waals surface area contributed by atoms with E-state index in [0.29, 0.717) is 13.0 Å². The topological polar surface area (TPSA) is 66.6 Å². The van der Waals surface area contributed by atoms with Gasteiger partial charge in [-0.25, -0.2) is 0 Å². The van der Waals surface area contributed by atoms with Gasteiger partial charge in [-0.05, 0) is 19.4 Å². The first-order chi connectivity index (χ1) is 6.74. The second-order valence-electron chi connectivity index (χ2n) is 3.94. The van der Waals surface area contributed by atoms with E-state index in [1.54, 1.807) is 0 Å². The van der Waals surface area contributed by atoms with E-state index in [0.717, 1.165) is 19.4 Å². The zero-order valence-corrected chi connectivity index (χ0v) is 8.61. The molecule has 1 unspecified atom stereocenters. The summed E-state index contributed by atoms with van der Waals surface area (Å²) < 4.78 is 0. The van der Waals surface area contributed by atoms with Gasteiger partial charge >= 0.3 is 0 Å². The van der Waals surface area contributed by atoms with E-state index in [4.69, 9.17) is 5.73 Å². The molecule has 4 heteroatoms. The number of amides is 1. The van der Waals surface area contributed by atoms with Gasteiger partial charge in [-0.15, -0.1) is 0 Å². The lowest BCUT2D eigenvalue weighted by Gasteiger charge is -2.27. The van der Waals surface area contributed by atoms with Crippen molar-refractivity contribution < 1.29 is 9.90 Å². The molecule has 1 fully saturated rings. The van der Waals surface area contributed by atoms with Crippen molar-refractivity contribution in [2.24, 2.45) is 5.73 Å². The Morgan fingerprint density at radius 2 is 2.21 bits per heavy atom. The molecule has 82 valence electrons. The van der Waals surface area contributed by atoms with E-state index in [-0.39, 0.29) is 18.6 Å². The van der Waals surface area contributed by atoms with Crippen LogP contribution in [0.25, 0.3) is 0 Å². The highest BCUT2D eigenvalue weighted by Crippen LogP contribution is 2.16. The highest BCUT2D eigenvalue weighted by atomic mass is 16.3. The second-order valence-corrected chi connectivity index (χ2v) is 3.94. The fourth-order valence-electron chi connectivity index (χ4n) is 1.99. The van der Waals surface area contributed by atoms with E-state index in [2.05, 4.69) is 4.90 Å². The standard InChI is InChI=1S/C10H20N2O2/c11-10(14)5-7-12-6-3-1-2-4-9(12)8-13/h9,13H,1-8H2,(H2,11,14). The largest absolute Gasteiger partial charge is 0.395 e. The maximum atomic E-state index is 10.7. The zero-order valence-electron chi connectivity index (χ0n) is 8.61. The summed E-state index contributed by atoms with van der Waals surface area (Å²) in [4.78, 5) is 12.8. The lowest BCUT2D eigenvalue weighted by Crippen LogP contribution is -2.39. The maximum Gasteiger partial charge on any atom is 0.218 e. The second kappa shape index (κ2) is 5.98. The normalized spacial score (nSPS) is 24.5. The molecule has 14 heavy (non-hydrogen) atoms. The molecule has 0 bridgehead atoms. The summed E-state index contributed by atoms with van der Waals surface area (Å²) in [5.74, 6) is -0.258. The van der Waals surface area contributed by atoms with E-state index in [1.165, 1.54) is 12.8 Å². The highest BCUT2D eigenvalue weighted by Gasteiger charge is 2.19. The van der Waals surface area contributed by atoms with Gasteiger partial charge in [-0.2, -0.15) is 0 Å². The molecule has 0 aliphatic carbocycles. The number of carbonyl (C=O) groups excluding carboxylic acids is 1. The van der Waals surface area contributed by atoms with Crippen molar-refractivity contribution in [2.75, 3.05) is 19.7 Å². The van der Waals surface area contributed by atoms with Gasteiger partial charge in [-0.1, -0.05) is 12.8 Å². The Bertz CT molecular complexity index is 185. The van der Waals surface area contributed by atoms with Crippen molar-refractivity contribution in [3.05, 3.63) is 0 Å². The summed E-state index contributed by atoms with van der Waals surface area (Å²) in [5, 5.41) is 9.19. The van der Waals surface area contributed by atoms with Crippen LogP contribution in [-0.4, -0.2) is 41.7 Å².